The Balaban J connectivity index is 1.28. The molecule has 1 saturated heterocycles. The molecule has 0 bridgehead atoms. The first-order chi connectivity index (χ1) is 15.6. The molecule has 1 aliphatic heterocycles. The van der Waals surface area contributed by atoms with Crippen LogP contribution in [-0.2, 0) is 6.42 Å². The van der Waals surface area contributed by atoms with E-state index in [0.717, 1.165) is 51.0 Å². The van der Waals surface area contributed by atoms with E-state index in [9.17, 15) is 4.79 Å². The normalized spacial score (nSPS) is 16.5. The van der Waals surface area contributed by atoms with Gasteiger partial charge in [0, 0.05) is 54.2 Å². The van der Waals surface area contributed by atoms with Crippen molar-refractivity contribution in [1.82, 2.24) is 14.3 Å². The Morgan fingerprint density at radius 1 is 1.06 bits per heavy atom. The summed E-state index contributed by atoms with van der Waals surface area (Å²) in [6.07, 6.45) is 0.683. The molecule has 4 aromatic rings. The van der Waals surface area contributed by atoms with Gasteiger partial charge in [0.1, 0.15) is 5.82 Å². The molecule has 1 aliphatic rings. The lowest BCUT2D eigenvalue weighted by atomic mass is 10.0. The van der Waals surface area contributed by atoms with Gasteiger partial charge in [-0.25, -0.2) is 4.98 Å². The van der Waals surface area contributed by atoms with Gasteiger partial charge < -0.3 is 9.80 Å². The van der Waals surface area contributed by atoms with E-state index in [1.165, 1.54) is 11.5 Å². The molecule has 0 N–H and O–H groups in total. The average Bonchev–Trinajstić information content (AvgIpc) is 3.28. The van der Waals surface area contributed by atoms with Crippen LogP contribution in [0.2, 0.25) is 5.02 Å². The number of carbonyl (C=O) groups is 1. The second kappa shape index (κ2) is 8.88. The Morgan fingerprint density at radius 3 is 2.66 bits per heavy atom. The molecule has 1 atom stereocenters. The van der Waals surface area contributed by atoms with Crippen LogP contribution in [-0.4, -0.2) is 45.8 Å². The third-order valence-electron chi connectivity index (χ3n) is 5.91. The molecule has 0 saturated carbocycles. The van der Waals surface area contributed by atoms with Crippen molar-refractivity contribution in [1.29, 1.82) is 0 Å². The molecular weight excluding hydrogens is 440 g/mol. The number of amides is 1. The van der Waals surface area contributed by atoms with E-state index in [-0.39, 0.29) is 11.9 Å². The molecule has 5 nitrogen and oxygen atoms in total. The summed E-state index contributed by atoms with van der Waals surface area (Å²) in [7, 11) is 0. The predicted octanol–water partition coefficient (Wildman–Crippen LogP) is 5.29. The van der Waals surface area contributed by atoms with Crippen LogP contribution in [0.25, 0.3) is 10.8 Å². The molecule has 1 amide bonds. The third-order valence-corrected chi connectivity index (χ3v) is 6.98. The fourth-order valence-electron chi connectivity index (χ4n) is 4.23. The molecule has 0 spiro atoms. The van der Waals surface area contributed by atoms with Gasteiger partial charge in [-0.2, -0.15) is 4.37 Å². The maximum atomic E-state index is 13.4. The lowest BCUT2D eigenvalue weighted by molar-refractivity contribution is 0.0676. The molecule has 162 valence electrons. The molecule has 0 aliphatic carbocycles. The molecule has 5 rings (SSSR count). The largest absolute Gasteiger partial charge is 0.343 e. The fourth-order valence-corrected chi connectivity index (χ4v) is 5.08. The van der Waals surface area contributed by atoms with Crippen molar-refractivity contribution in [2.45, 2.75) is 19.4 Å². The number of nitrogens with zero attached hydrogens (tertiary/aromatic N) is 4. The first-order valence-electron chi connectivity index (χ1n) is 10.7. The minimum Gasteiger partial charge on any atom is -0.343 e. The number of aromatic nitrogens is 2. The van der Waals surface area contributed by atoms with Crippen LogP contribution in [0.3, 0.4) is 0 Å². The topological polar surface area (TPSA) is 49.3 Å². The van der Waals surface area contributed by atoms with E-state index >= 15 is 0 Å². The molecule has 7 heteroatoms. The summed E-state index contributed by atoms with van der Waals surface area (Å²) < 4.78 is 4.55. The van der Waals surface area contributed by atoms with Gasteiger partial charge in [-0.15, -0.1) is 0 Å². The van der Waals surface area contributed by atoms with Crippen LogP contribution in [0.4, 0.5) is 5.13 Å². The van der Waals surface area contributed by atoms with E-state index in [4.69, 9.17) is 16.6 Å². The second-order valence-electron chi connectivity index (χ2n) is 8.12. The van der Waals surface area contributed by atoms with E-state index in [1.807, 2.05) is 71.6 Å². The zero-order valence-electron chi connectivity index (χ0n) is 17.7. The number of rotatable bonds is 4. The number of hydrogen-bond donors (Lipinski definition) is 0. The van der Waals surface area contributed by atoms with Crippen molar-refractivity contribution in [3.8, 4) is 0 Å². The number of halogens is 1. The minimum absolute atomic E-state index is 0.0823. The van der Waals surface area contributed by atoms with E-state index in [1.54, 1.807) is 0 Å². The molecule has 1 fully saturated rings. The highest BCUT2D eigenvalue weighted by Gasteiger charge is 2.30. The highest BCUT2D eigenvalue weighted by molar-refractivity contribution is 7.09. The van der Waals surface area contributed by atoms with Crippen LogP contribution in [0.5, 0.6) is 0 Å². The Morgan fingerprint density at radius 2 is 1.84 bits per heavy atom. The monoisotopic (exact) mass is 462 g/mol. The smallest absolute Gasteiger partial charge is 0.254 e. The zero-order valence-corrected chi connectivity index (χ0v) is 19.3. The van der Waals surface area contributed by atoms with Crippen molar-refractivity contribution in [2.75, 3.05) is 24.5 Å². The van der Waals surface area contributed by atoms with Gasteiger partial charge >= 0.3 is 0 Å². The first-order valence-corrected chi connectivity index (χ1v) is 11.8. The van der Waals surface area contributed by atoms with Crippen molar-refractivity contribution in [2.24, 2.45) is 0 Å². The van der Waals surface area contributed by atoms with Crippen molar-refractivity contribution < 1.29 is 4.79 Å². The standard InChI is InChI=1S/C25H23ClN4OS/c1-17-16-29(25-27-23(28-32-25)15-18-9-11-20(26)12-10-18)13-14-30(17)24(31)22-8-4-6-19-5-2-3-7-21(19)22/h2-12,17H,13-16H2,1H3. The summed E-state index contributed by atoms with van der Waals surface area (Å²) in [4.78, 5) is 22.3. The van der Waals surface area contributed by atoms with Crippen LogP contribution in [0, 0.1) is 0 Å². The molecule has 2 heterocycles. The number of hydrogen-bond acceptors (Lipinski definition) is 5. The number of benzene rings is 3. The van der Waals surface area contributed by atoms with Gasteiger partial charge in [0.25, 0.3) is 5.91 Å². The maximum absolute atomic E-state index is 13.4. The summed E-state index contributed by atoms with van der Waals surface area (Å²) in [5, 5.41) is 3.74. The summed E-state index contributed by atoms with van der Waals surface area (Å²) in [6, 6.07) is 21.8. The van der Waals surface area contributed by atoms with E-state index in [0.29, 0.717) is 13.0 Å². The molecular formula is C25H23ClN4OS. The molecule has 0 radical (unpaired) electrons. The van der Waals surface area contributed by atoms with Gasteiger partial charge in [-0.1, -0.05) is 60.1 Å². The zero-order chi connectivity index (χ0) is 22.1. The number of fused-ring (bicyclic) bond motifs is 1. The molecule has 1 unspecified atom stereocenters. The van der Waals surface area contributed by atoms with Crippen LogP contribution < -0.4 is 4.90 Å². The first kappa shape index (κ1) is 20.9. The van der Waals surface area contributed by atoms with Gasteiger partial charge in [0.05, 0.1) is 0 Å². The van der Waals surface area contributed by atoms with Crippen molar-refractivity contribution >= 4 is 44.9 Å². The minimum atomic E-state index is 0.0823. The number of anilines is 1. The Kier molecular flexibility index (Phi) is 5.81. The summed E-state index contributed by atoms with van der Waals surface area (Å²) in [5.41, 5.74) is 1.90. The van der Waals surface area contributed by atoms with Gasteiger partial charge in [-0.3, -0.25) is 4.79 Å². The summed E-state index contributed by atoms with van der Waals surface area (Å²) >= 11 is 7.40. The Bertz CT molecular complexity index is 1250. The third kappa shape index (κ3) is 4.20. The Hall–Kier alpha value is -2.96. The SMILES string of the molecule is CC1CN(c2nc(Cc3ccc(Cl)cc3)ns2)CCN1C(=O)c1cccc2ccccc12. The van der Waals surface area contributed by atoms with Crippen LogP contribution >= 0.6 is 23.1 Å². The van der Waals surface area contributed by atoms with Crippen LogP contribution in [0.1, 0.15) is 28.7 Å². The lowest BCUT2D eigenvalue weighted by Gasteiger charge is -2.39. The van der Waals surface area contributed by atoms with Gasteiger partial charge in [0.15, 0.2) is 0 Å². The summed E-state index contributed by atoms with van der Waals surface area (Å²) in [5.74, 6) is 0.906. The lowest BCUT2D eigenvalue weighted by Crippen LogP contribution is -2.54. The quantitative estimate of drug-likeness (QED) is 0.413. The van der Waals surface area contributed by atoms with E-state index in [2.05, 4.69) is 16.2 Å². The fraction of sp³-hybridized carbons (Fsp3) is 0.240. The highest BCUT2D eigenvalue weighted by Crippen LogP contribution is 2.25. The average molecular weight is 463 g/mol. The van der Waals surface area contributed by atoms with E-state index < -0.39 is 0 Å². The molecule has 32 heavy (non-hydrogen) atoms. The molecule has 3 aromatic carbocycles. The van der Waals surface area contributed by atoms with Gasteiger partial charge in [-0.05, 0) is 41.5 Å². The van der Waals surface area contributed by atoms with Crippen LogP contribution in [0.15, 0.2) is 66.7 Å². The van der Waals surface area contributed by atoms with Gasteiger partial charge in [0.2, 0.25) is 5.13 Å². The predicted molar refractivity (Wildman–Crippen MR) is 131 cm³/mol. The summed E-state index contributed by atoms with van der Waals surface area (Å²) in [6.45, 7) is 4.25. The second-order valence-corrected chi connectivity index (χ2v) is 9.28. The van der Waals surface area contributed by atoms with Crippen molar-refractivity contribution in [3.63, 3.8) is 0 Å². The number of piperazine rings is 1. The highest BCUT2D eigenvalue weighted by atomic mass is 35.5. The Labute approximate surface area is 196 Å². The molecule has 1 aromatic heterocycles. The number of carbonyl (C=O) groups excluding carboxylic acids is 1. The maximum Gasteiger partial charge on any atom is 0.254 e. The van der Waals surface area contributed by atoms with Crippen molar-refractivity contribution in [3.05, 3.63) is 88.7 Å².